The van der Waals surface area contributed by atoms with Gasteiger partial charge in [0.25, 0.3) is 0 Å². The van der Waals surface area contributed by atoms with Gasteiger partial charge in [-0.3, -0.25) is 9.69 Å². The molecule has 108 valence electrons. The highest BCUT2D eigenvalue weighted by Crippen LogP contribution is 2.12. The molecule has 1 amide bonds. The highest BCUT2D eigenvalue weighted by atomic mass is 16.2. The van der Waals surface area contributed by atoms with Gasteiger partial charge in [-0.1, -0.05) is 6.92 Å². The Bertz CT molecular complexity index is 326. The fourth-order valence-corrected chi connectivity index (χ4v) is 2.53. The predicted molar refractivity (Wildman–Crippen MR) is 75.6 cm³/mol. The largest absolute Gasteiger partial charge is 0.344 e. The zero-order valence-electron chi connectivity index (χ0n) is 12.4. The topological polar surface area (TPSA) is 50.6 Å². The third-order valence-electron chi connectivity index (χ3n) is 3.82. The second kappa shape index (κ2) is 8.13. The molecule has 1 saturated heterocycles. The zero-order valence-corrected chi connectivity index (χ0v) is 12.4. The van der Waals surface area contributed by atoms with Crippen LogP contribution in [0.5, 0.6) is 0 Å². The molecule has 0 radical (unpaired) electrons. The molecule has 1 rings (SSSR count). The summed E-state index contributed by atoms with van der Waals surface area (Å²) in [5.41, 5.74) is 0. The number of amides is 1. The van der Waals surface area contributed by atoms with E-state index in [9.17, 15) is 4.79 Å². The number of hydrogen-bond donors (Lipinski definition) is 0. The Balaban J connectivity index is 2.53. The maximum atomic E-state index is 12.1. The summed E-state index contributed by atoms with van der Waals surface area (Å²) in [5.74, 6) is 0.123. The number of rotatable bonds is 5. The molecule has 0 aromatic heterocycles. The lowest BCUT2D eigenvalue weighted by Gasteiger charge is -2.30. The van der Waals surface area contributed by atoms with Crippen molar-refractivity contribution in [2.24, 2.45) is 0 Å². The lowest BCUT2D eigenvalue weighted by molar-refractivity contribution is -0.131. The van der Waals surface area contributed by atoms with Crippen molar-refractivity contribution in [2.75, 3.05) is 46.8 Å². The number of carbonyl (C=O) groups is 1. The van der Waals surface area contributed by atoms with Crippen LogP contribution in [0.4, 0.5) is 0 Å². The van der Waals surface area contributed by atoms with E-state index in [2.05, 4.69) is 29.8 Å². The first-order valence-corrected chi connectivity index (χ1v) is 7.12. The minimum atomic E-state index is 0.123. The SMILES string of the molecule is CCC1CN(C)CCCN1CC(=O)N(C)CCC#N. The van der Waals surface area contributed by atoms with Gasteiger partial charge < -0.3 is 9.80 Å². The molecule has 0 aromatic rings. The predicted octanol–water partition coefficient (Wildman–Crippen LogP) is 0.775. The van der Waals surface area contributed by atoms with Crippen LogP contribution in [0.15, 0.2) is 0 Å². The van der Waals surface area contributed by atoms with Gasteiger partial charge in [0.15, 0.2) is 0 Å². The molecule has 19 heavy (non-hydrogen) atoms. The monoisotopic (exact) mass is 266 g/mol. The summed E-state index contributed by atoms with van der Waals surface area (Å²) >= 11 is 0. The first-order chi connectivity index (χ1) is 9.08. The Hall–Kier alpha value is -1.12. The van der Waals surface area contributed by atoms with Gasteiger partial charge in [0.1, 0.15) is 0 Å². The Labute approximate surface area is 116 Å². The first-order valence-electron chi connectivity index (χ1n) is 7.12. The molecule has 0 bridgehead atoms. The average molecular weight is 266 g/mol. The van der Waals surface area contributed by atoms with Crippen molar-refractivity contribution in [1.29, 1.82) is 5.26 Å². The van der Waals surface area contributed by atoms with E-state index in [0.29, 0.717) is 25.6 Å². The summed E-state index contributed by atoms with van der Waals surface area (Å²) in [6.45, 7) is 6.31. The van der Waals surface area contributed by atoms with Crippen LogP contribution >= 0.6 is 0 Å². The summed E-state index contributed by atoms with van der Waals surface area (Å²) in [5, 5.41) is 8.56. The third-order valence-corrected chi connectivity index (χ3v) is 3.82. The van der Waals surface area contributed by atoms with Gasteiger partial charge in [-0.15, -0.1) is 0 Å². The highest BCUT2D eigenvalue weighted by molar-refractivity contribution is 5.78. The quantitative estimate of drug-likeness (QED) is 0.738. The molecule has 1 aliphatic rings. The number of nitriles is 1. The van der Waals surface area contributed by atoms with Gasteiger partial charge in [0.05, 0.1) is 19.0 Å². The second-order valence-corrected chi connectivity index (χ2v) is 5.37. The van der Waals surface area contributed by atoms with Crippen LogP contribution in [0.2, 0.25) is 0 Å². The van der Waals surface area contributed by atoms with Crippen LogP contribution in [0, 0.1) is 11.3 Å². The van der Waals surface area contributed by atoms with Gasteiger partial charge in [-0.25, -0.2) is 0 Å². The Morgan fingerprint density at radius 2 is 2.21 bits per heavy atom. The highest BCUT2D eigenvalue weighted by Gasteiger charge is 2.24. The molecular weight excluding hydrogens is 240 g/mol. The maximum Gasteiger partial charge on any atom is 0.236 e. The van der Waals surface area contributed by atoms with Gasteiger partial charge in [-0.05, 0) is 26.4 Å². The van der Waals surface area contributed by atoms with Crippen LogP contribution in [0.25, 0.3) is 0 Å². The molecule has 1 fully saturated rings. The van der Waals surface area contributed by atoms with E-state index in [-0.39, 0.29) is 5.91 Å². The minimum absolute atomic E-state index is 0.123. The summed E-state index contributed by atoms with van der Waals surface area (Å²) in [4.78, 5) is 18.5. The van der Waals surface area contributed by atoms with Gasteiger partial charge in [0.2, 0.25) is 5.91 Å². The van der Waals surface area contributed by atoms with Crippen molar-refractivity contribution in [1.82, 2.24) is 14.7 Å². The Morgan fingerprint density at radius 3 is 2.84 bits per heavy atom. The summed E-state index contributed by atoms with van der Waals surface area (Å²) in [6, 6.07) is 2.54. The van der Waals surface area contributed by atoms with Crippen LogP contribution in [-0.4, -0.2) is 73.5 Å². The fourth-order valence-electron chi connectivity index (χ4n) is 2.53. The van der Waals surface area contributed by atoms with E-state index >= 15 is 0 Å². The molecular formula is C14H26N4O. The van der Waals surface area contributed by atoms with Crippen molar-refractivity contribution in [3.63, 3.8) is 0 Å². The van der Waals surface area contributed by atoms with E-state index < -0.39 is 0 Å². The number of carbonyl (C=O) groups excluding carboxylic acids is 1. The van der Waals surface area contributed by atoms with Gasteiger partial charge in [-0.2, -0.15) is 5.26 Å². The minimum Gasteiger partial charge on any atom is -0.344 e. The summed E-state index contributed by atoms with van der Waals surface area (Å²) < 4.78 is 0. The normalized spacial score (nSPS) is 21.7. The molecule has 1 atom stereocenters. The van der Waals surface area contributed by atoms with Crippen molar-refractivity contribution in [2.45, 2.75) is 32.2 Å². The van der Waals surface area contributed by atoms with Crippen LogP contribution in [0.3, 0.4) is 0 Å². The molecule has 1 heterocycles. The van der Waals surface area contributed by atoms with E-state index in [4.69, 9.17) is 5.26 Å². The zero-order chi connectivity index (χ0) is 14.3. The fraction of sp³-hybridized carbons (Fsp3) is 0.857. The molecule has 0 aromatic carbocycles. The number of hydrogen-bond acceptors (Lipinski definition) is 4. The molecule has 0 N–H and O–H groups in total. The molecule has 5 heteroatoms. The Morgan fingerprint density at radius 1 is 1.47 bits per heavy atom. The van der Waals surface area contributed by atoms with Crippen LogP contribution < -0.4 is 0 Å². The second-order valence-electron chi connectivity index (χ2n) is 5.37. The van der Waals surface area contributed by atoms with E-state index in [1.54, 1.807) is 11.9 Å². The van der Waals surface area contributed by atoms with E-state index in [1.807, 2.05) is 0 Å². The third kappa shape index (κ3) is 5.17. The van der Waals surface area contributed by atoms with E-state index in [1.165, 1.54) is 0 Å². The van der Waals surface area contributed by atoms with Crippen molar-refractivity contribution < 1.29 is 4.79 Å². The Kier molecular flexibility index (Phi) is 6.82. The number of likely N-dealkylation sites (N-methyl/N-ethyl adjacent to an activating group) is 2. The molecule has 0 saturated carbocycles. The molecule has 1 aliphatic heterocycles. The van der Waals surface area contributed by atoms with Crippen molar-refractivity contribution in [3.05, 3.63) is 0 Å². The van der Waals surface area contributed by atoms with Crippen LogP contribution in [-0.2, 0) is 4.79 Å². The number of nitrogens with zero attached hydrogens (tertiary/aromatic N) is 4. The first kappa shape index (κ1) is 15.9. The average Bonchev–Trinajstić information content (AvgIpc) is 2.57. The lowest BCUT2D eigenvalue weighted by Crippen LogP contribution is -2.45. The molecule has 1 unspecified atom stereocenters. The standard InChI is InChI=1S/C14H26N4O/c1-4-13-11-16(2)8-6-10-18(13)12-14(19)17(3)9-5-7-15/h13H,4-6,8-12H2,1-3H3. The summed E-state index contributed by atoms with van der Waals surface area (Å²) in [7, 11) is 3.93. The van der Waals surface area contributed by atoms with Crippen molar-refractivity contribution in [3.8, 4) is 6.07 Å². The van der Waals surface area contributed by atoms with E-state index in [0.717, 1.165) is 32.5 Å². The van der Waals surface area contributed by atoms with Gasteiger partial charge >= 0.3 is 0 Å². The summed E-state index contributed by atoms with van der Waals surface area (Å²) in [6.07, 6.45) is 2.59. The molecule has 5 nitrogen and oxygen atoms in total. The smallest absolute Gasteiger partial charge is 0.236 e. The van der Waals surface area contributed by atoms with Crippen LogP contribution in [0.1, 0.15) is 26.2 Å². The molecule has 0 spiro atoms. The maximum absolute atomic E-state index is 12.1. The van der Waals surface area contributed by atoms with Crippen molar-refractivity contribution >= 4 is 5.91 Å². The van der Waals surface area contributed by atoms with Gasteiger partial charge in [0, 0.05) is 32.7 Å². The molecule has 0 aliphatic carbocycles. The lowest BCUT2D eigenvalue weighted by atomic mass is 10.2.